The molecule has 168 valence electrons. The summed E-state index contributed by atoms with van der Waals surface area (Å²) in [4.78, 5) is 12.6. The third-order valence-electron chi connectivity index (χ3n) is 5.18. The molecule has 4 aromatic rings. The molecule has 3 aromatic carbocycles. The summed E-state index contributed by atoms with van der Waals surface area (Å²) in [5, 5.41) is 13.1. The van der Waals surface area contributed by atoms with Crippen molar-refractivity contribution in [1.29, 1.82) is 0 Å². The Morgan fingerprint density at radius 1 is 0.970 bits per heavy atom. The molecule has 0 aliphatic heterocycles. The maximum Gasteiger partial charge on any atom is 0.234 e. The molecular weight excluding hydrogens is 452 g/mol. The Morgan fingerprint density at radius 2 is 1.67 bits per heavy atom. The van der Waals surface area contributed by atoms with Crippen molar-refractivity contribution in [1.82, 2.24) is 14.8 Å². The second-order valence-electron chi connectivity index (χ2n) is 7.99. The van der Waals surface area contributed by atoms with Crippen molar-refractivity contribution < 1.29 is 4.79 Å². The fourth-order valence-electron chi connectivity index (χ4n) is 3.41. The lowest BCUT2D eigenvalue weighted by molar-refractivity contribution is -0.113. The van der Waals surface area contributed by atoms with Crippen molar-refractivity contribution in [3.63, 3.8) is 0 Å². The van der Waals surface area contributed by atoms with Gasteiger partial charge in [0.05, 0.1) is 5.75 Å². The van der Waals surface area contributed by atoms with Gasteiger partial charge in [-0.1, -0.05) is 79.7 Å². The molecule has 0 spiro atoms. The van der Waals surface area contributed by atoms with E-state index in [0.29, 0.717) is 22.5 Å². The van der Waals surface area contributed by atoms with Gasteiger partial charge in [0.25, 0.3) is 0 Å². The minimum Gasteiger partial charge on any atom is -0.325 e. The standard InChI is InChI=1S/C26H25ClN4OS/c1-18(2)20-8-12-22(13-9-20)28-25(32)17-33-26-30-29-24(16-19-6-4-3-5-7-19)31(26)23-14-10-21(27)11-15-23/h3-15,18H,16-17H2,1-2H3,(H,28,32). The summed E-state index contributed by atoms with van der Waals surface area (Å²) in [6, 6.07) is 25.6. The van der Waals surface area contributed by atoms with Crippen LogP contribution in [0.3, 0.4) is 0 Å². The monoisotopic (exact) mass is 476 g/mol. The van der Waals surface area contributed by atoms with Crippen molar-refractivity contribution in [2.24, 2.45) is 0 Å². The Labute approximate surface area is 203 Å². The maximum atomic E-state index is 12.6. The molecule has 1 heterocycles. The molecule has 1 amide bonds. The molecule has 0 aliphatic rings. The van der Waals surface area contributed by atoms with Crippen LogP contribution in [0.25, 0.3) is 5.69 Å². The van der Waals surface area contributed by atoms with Gasteiger partial charge in [-0.05, 0) is 53.4 Å². The van der Waals surface area contributed by atoms with E-state index in [1.807, 2.05) is 71.3 Å². The van der Waals surface area contributed by atoms with Crippen LogP contribution in [-0.2, 0) is 11.2 Å². The fraction of sp³-hybridized carbons (Fsp3) is 0.192. The number of carbonyl (C=O) groups is 1. The Hall–Kier alpha value is -3.09. The third kappa shape index (κ3) is 6.03. The molecule has 4 rings (SSSR count). The van der Waals surface area contributed by atoms with Gasteiger partial charge >= 0.3 is 0 Å². The SMILES string of the molecule is CC(C)c1ccc(NC(=O)CSc2nnc(Cc3ccccc3)n2-c2ccc(Cl)cc2)cc1. The number of aromatic nitrogens is 3. The maximum absolute atomic E-state index is 12.6. The molecule has 0 saturated carbocycles. The van der Waals surface area contributed by atoms with Gasteiger partial charge in [-0.3, -0.25) is 9.36 Å². The first-order valence-electron chi connectivity index (χ1n) is 10.8. The number of hydrogen-bond donors (Lipinski definition) is 1. The van der Waals surface area contributed by atoms with E-state index in [0.717, 1.165) is 22.8 Å². The van der Waals surface area contributed by atoms with Crippen LogP contribution in [0, 0.1) is 0 Å². The lowest BCUT2D eigenvalue weighted by atomic mass is 10.0. The van der Waals surface area contributed by atoms with E-state index in [4.69, 9.17) is 11.6 Å². The fourth-order valence-corrected chi connectivity index (χ4v) is 4.31. The predicted molar refractivity (Wildman–Crippen MR) is 136 cm³/mol. The highest BCUT2D eigenvalue weighted by Gasteiger charge is 2.16. The van der Waals surface area contributed by atoms with Crippen molar-refractivity contribution in [3.05, 3.63) is 101 Å². The summed E-state index contributed by atoms with van der Waals surface area (Å²) in [7, 11) is 0. The molecule has 0 radical (unpaired) electrons. The second kappa shape index (κ2) is 10.7. The Balaban J connectivity index is 1.50. The predicted octanol–water partition coefficient (Wildman–Crippen LogP) is 6.37. The van der Waals surface area contributed by atoms with Crippen LogP contribution >= 0.6 is 23.4 Å². The molecule has 0 saturated heterocycles. The molecule has 0 aliphatic carbocycles. The molecular formula is C26H25ClN4OS. The highest BCUT2D eigenvalue weighted by molar-refractivity contribution is 7.99. The zero-order chi connectivity index (χ0) is 23.2. The van der Waals surface area contributed by atoms with Crippen LogP contribution < -0.4 is 5.32 Å². The van der Waals surface area contributed by atoms with E-state index in [2.05, 4.69) is 41.5 Å². The smallest absolute Gasteiger partial charge is 0.234 e. The Bertz CT molecular complexity index is 1210. The van der Waals surface area contributed by atoms with Gasteiger partial charge in [0.1, 0.15) is 5.82 Å². The van der Waals surface area contributed by atoms with Crippen LogP contribution in [0.4, 0.5) is 5.69 Å². The van der Waals surface area contributed by atoms with E-state index in [-0.39, 0.29) is 11.7 Å². The van der Waals surface area contributed by atoms with E-state index >= 15 is 0 Å². The van der Waals surface area contributed by atoms with Crippen LogP contribution in [0.15, 0.2) is 84.0 Å². The number of thioether (sulfide) groups is 1. The molecule has 1 N–H and O–H groups in total. The average Bonchev–Trinajstić information content (AvgIpc) is 3.21. The zero-order valence-corrected chi connectivity index (χ0v) is 20.1. The number of benzene rings is 3. The van der Waals surface area contributed by atoms with E-state index in [1.54, 1.807) is 0 Å². The summed E-state index contributed by atoms with van der Waals surface area (Å²) in [6.07, 6.45) is 0.630. The van der Waals surface area contributed by atoms with Crippen molar-refractivity contribution in [2.45, 2.75) is 31.3 Å². The van der Waals surface area contributed by atoms with E-state index in [1.165, 1.54) is 17.3 Å². The molecule has 33 heavy (non-hydrogen) atoms. The van der Waals surface area contributed by atoms with Gasteiger partial charge in [-0.2, -0.15) is 0 Å². The van der Waals surface area contributed by atoms with Gasteiger partial charge in [-0.25, -0.2) is 0 Å². The molecule has 0 fully saturated rings. The molecule has 7 heteroatoms. The minimum atomic E-state index is -0.0902. The highest BCUT2D eigenvalue weighted by Crippen LogP contribution is 2.25. The number of hydrogen-bond acceptors (Lipinski definition) is 4. The zero-order valence-electron chi connectivity index (χ0n) is 18.5. The van der Waals surface area contributed by atoms with Gasteiger partial charge in [0.15, 0.2) is 5.16 Å². The number of amides is 1. The largest absolute Gasteiger partial charge is 0.325 e. The lowest BCUT2D eigenvalue weighted by Crippen LogP contribution is -2.14. The molecule has 0 atom stereocenters. The Kier molecular flexibility index (Phi) is 7.47. The normalized spacial score (nSPS) is 11.0. The van der Waals surface area contributed by atoms with Crippen LogP contribution in [-0.4, -0.2) is 26.4 Å². The Morgan fingerprint density at radius 3 is 2.33 bits per heavy atom. The molecule has 0 bridgehead atoms. The van der Waals surface area contributed by atoms with Crippen molar-refractivity contribution >= 4 is 35.0 Å². The first-order chi connectivity index (χ1) is 16.0. The number of rotatable bonds is 8. The number of nitrogens with one attached hydrogen (secondary N) is 1. The number of carbonyl (C=O) groups excluding carboxylic acids is 1. The van der Waals surface area contributed by atoms with E-state index < -0.39 is 0 Å². The summed E-state index contributed by atoms with van der Waals surface area (Å²) in [5.74, 6) is 1.39. The average molecular weight is 477 g/mol. The molecule has 1 aromatic heterocycles. The summed E-state index contributed by atoms with van der Waals surface area (Å²) < 4.78 is 1.98. The van der Waals surface area contributed by atoms with Gasteiger partial charge in [0.2, 0.25) is 5.91 Å². The highest BCUT2D eigenvalue weighted by atomic mass is 35.5. The summed E-state index contributed by atoms with van der Waals surface area (Å²) in [6.45, 7) is 4.29. The third-order valence-corrected chi connectivity index (χ3v) is 6.36. The van der Waals surface area contributed by atoms with Gasteiger partial charge in [0, 0.05) is 22.8 Å². The molecule has 0 unspecified atom stereocenters. The first kappa shape index (κ1) is 23.1. The number of halogens is 1. The summed E-state index contributed by atoms with van der Waals surface area (Å²) >= 11 is 7.45. The van der Waals surface area contributed by atoms with Crippen LogP contribution in [0.1, 0.15) is 36.7 Å². The quantitative estimate of drug-likeness (QED) is 0.300. The number of nitrogens with zero attached hydrogens (tertiary/aromatic N) is 3. The van der Waals surface area contributed by atoms with Gasteiger partial charge < -0.3 is 5.32 Å². The van der Waals surface area contributed by atoms with Crippen molar-refractivity contribution in [3.8, 4) is 5.69 Å². The first-order valence-corrected chi connectivity index (χ1v) is 12.1. The molecule has 5 nitrogen and oxygen atoms in total. The topological polar surface area (TPSA) is 59.8 Å². The van der Waals surface area contributed by atoms with Crippen LogP contribution in [0.2, 0.25) is 5.02 Å². The number of anilines is 1. The lowest BCUT2D eigenvalue weighted by Gasteiger charge is -2.11. The minimum absolute atomic E-state index is 0.0902. The van der Waals surface area contributed by atoms with Crippen LogP contribution in [0.5, 0.6) is 0 Å². The second-order valence-corrected chi connectivity index (χ2v) is 9.37. The van der Waals surface area contributed by atoms with Crippen molar-refractivity contribution in [2.75, 3.05) is 11.1 Å². The van der Waals surface area contributed by atoms with E-state index in [9.17, 15) is 4.79 Å². The van der Waals surface area contributed by atoms with Gasteiger partial charge in [-0.15, -0.1) is 10.2 Å². The summed E-state index contributed by atoms with van der Waals surface area (Å²) in [5.41, 5.74) is 4.07.